The molecule has 2 heterocycles. The average molecular weight is 390 g/mol. The quantitative estimate of drug-likeness (QED) is 0.455. The molecular weight excluding hydrogens is 374 g/mol. The van der Waals surface area contributed by atoms with Crippen LogP contribution in [0, 0.1) is 0 Å². The zero-order valence-electron chi connectivity index (χ0n) is 13.7. The largest absolute Gasteiger partial charge is 0.335 e. The Kier molecular flexibility index (Phi) is 4.56. The van der Waals surface area contributed by atoms with Crippen molar-refractivity contribution in [3.63, 3.8) is 0 Å². The number of aryl methyl sites for hydroxylation is 1. The number of rotatable bonds is 5. The molecule has 0 fully saturated rings. The normalized spacial score (nSPS) is 13.0. The van der Waals surface area contributed by atoms with Crippen molar-refractivity contribution in [2.24, 2.45) is 0 Å². The standard InChI is InChI=1S/C16H16ClN7OS/c17-9-4-6-10(7-5-9)19-13(25)8-26-16-23-22-15(24(16)18)14-11-2-1-3-12(11)20-21-14/h4-7H,1-3,8,18H2,(H,19,25)(H,20,21). The molecule has 0 radical (unpaired) electrons. The molecule has 26 heavy (non-hydrogen) atoms. The lowest BCUT2D eigenvalue weighted by Crippen LogP contribution is -2.16. The topological polar surface area (TPSA) is 115 Å². The highest BCUT2D eigenvalue weighted by molar-refractivity contribution is 7.99. The zero-order chi connectivity index (χ0) is 18.1. The number of amides is 1. The van der Waals surface area contributed by atoms with E-state index in [1.54, 1.807) is 24.3 Å². The fourth-order valence-corrected chi connectivity index (χ4v) is 3.68. The lowest BCUT2D eigenvalue weighted by Gasteiger charge is -2.05. The van der Waals surface area contributed by atoms with Crippen molar-refractivity contribution in [1.29, 1.82) is 0 Å². The van der Waals surface area contributed by atoms with Crippen LogP contribution in [0.2, 0.25) is 5.02 Å². The predicted octanol–water partition coefficient (Wildman–Crippen LogP) is 2.25. The molecule has 1 aliphatic carbocycles. The molecule has 0 bridgehead atoms. The van der Waals surface area contributed by atoms with E-state index in [-0.39, 0.29) is 11.7 Å². The van der Waals surface area contributed by atoms with Crippen molar-refractivity contribution in [2.45, 2.75) is 24.4 Å². The SMILES string of the molecule is Nn1c(SCC(=O)Nc2ccc(Cl)cc2)nnc1-c1n[nH]c2c1CCC2. The number of aromatic nitrogens is 5. The van der Waals surface area contributed by atoms with Crippen LogP contribution < -0.4 is 11.2 Å². The van der Waals surface area contributed by atoms with E-state index < -0.39 is 0 Å². The molecule has 4 N–H and O–H groups in total. The Labute approximate surface area is 158 Å². The highest BCUT2D eigenvalue weighted by Crippen LogP contribution is 2.30. The van der Waals surface area contributed by atoms with Crippen LogP contribution in [0.4, 0.5) is 5.69 Å². The molecule has 0 saturated carbocycles. The molecule has 0 spiro atoms. The van der Waals surface area contributed by atoms with Crippen molar-refractivity contribution in [1.82, 2.24) is 25.1 Å². The summed E-state index contributed by atoms with van der Waals surface area (Å²) in [6.45, 7) is 0. The third-order valence-corrected chi connectivity index (χ3v) is 5.34. The van der Waals surface area contributed by atoms with Crippen LogP contribution in [0.25, 0.3) is 11.5 Å². The van der Waals surface area contributed by atoms with Gasteiger partial charge in [0.1, 0.15) is 5.69 Å². The molecule has 1 amide bonds. The van der Waals surface area contributed by atoms with Crippen LogP contribution in [0.15, 0.2) is 29.4 Å². The van der Waals surface area contributed by atoms with Gasteiger partial charge in [-0.1, -0.05) is 23.4 Å². The minimum absolute atomic E-state index is 0.163. The van der Waals surface area contributed by atoms with E-state index in [0.717, 1.165) is 36.2 Å². The van der Waals surface area contributed by atoms with Gasteiger partial charge in [-0.05, 0) is 43.5 Å². The molecule has 8 nitrogen and oxygen atoms in total. The van der Waals surface area contributed by atoms with Crippen LogP contribution in [0.1, 0.15) is 17.7 Å². The number of benzene rings is 1. The monoisotopic (exact) mass is 389 g/mol. The molecule has 134 valence electrons. The van der Waals surface area contributed by atoms with Gasteiger partial charge in [0.15, 0.2) is 0 Å². The van der Waals surface area contributed by atoms with Crippen molar-refractivity contribution < 1.29 is 4.79 Å². The molecule has 1 aromatic carbocycles. The molecule has 0 aliphatic heterocycles. The lowest BCUT2D eigenvalue weighted by atomic mass is 10.2. The minimum Gasteiger partial charge on any atom is -0.335 e. The van der Waals surface area contributed by atoms with Crippen molar-refractivity contribution in [3.05, 3.63) is 40.5 Å². The van der Waals surface area contributed by atoms with E-state index in [9.17, 15) is 4.79 Å². The number of aromatic amines is 1. The summed E-state index contributed by atoms with van der Waals surface area (Å²) in [5.41, 5.74) is 3.72. The first-order chi connectivity index (χ1) is 12.6. The van der Waals surface area contributed by atoms with Crippen molar-refractivity contribution in [2.75, 3.05) is 16.9 Å². The highest BCUT2D eigenvalue weighted by atomic mass is 35.5. The van der Waals surface area contributed by atoms with E-state index in [0.29, 0.717) is 21.7 Å². The molecule has 0 atom stereocenters. The molecule has 10 heteroatoms. The Morgan fingerprint density at radius 2 is 2.12 bits per heavy atom. The summed E-state index contributed by atoms with van der Waals surface area (Å²) in [6, 6.07) is 6.92. The van der Waals surface area contributed by atoms with Crippen molar-refractivity contribution in [3.8, 4) is 11.5 Å². The van der Waals surface area contributed by atoms with Crippen LogP contribution in [0.3, 0.4) is 0 Å². The second kappa shape index (κ2) is 7.00. The highest BCUT2D eigenvalue weighted by Gasteiger charge is 2.24. The van der Waals surface area contributed by atoms with Gasteiger partial charge in [0.05, 0.1) is 5.75 Å². The zero-order valence-corrected chi connectivity index (χ0v) is 15.3. The second-order valence-corrected chi connectivity index (χ2v) is 7.28. The molecule has 3 aromatic rings. The molecule has 0 saturated heterocycles. The number of H-pyrrole nitrogens is 1. The van der Waals surface area contributed by atoms with Gasteiger partial charge in [0.2, 0.25) is 16.9 Å². The van der Waals surface area contributed by atoms with E-state index in [1.165, 1.54) is 16.4 Å². The molecule has 0 unspecified atom stereocenters. The number of halogens is 1. The van der Waals surface area contributed by atoms with Gasteiger partial charge < -0.3 is 11.2 Å². The number of carbonyl (C=O) groups excluding carboxylic acids is 1. The summed E-state index contributed by atoms with van der Waals surface area (Å²) in [6.07, 6.45) is 3.05. The molecule has 1 aliphatic rings. The van der Waals surface area contributed by atoms with Crippen LogP contribution in [-0.2, 0) is 17.6 Å². The Morgan fingerprint density at radius 3 is 2.92 bits per heavy atom. The Balaban J connectivity index is 1.42. The number of anilines is 1. The first-order valence-corrected chi connectivity index (χ1v) is 9.43. The summed E-state index contributed by atoms with van der Waals surface area (Å²) in [4.78, 5) is 12.1. The Hall–Kier alpha value is -2.52. The van der Waals surface area contributed by atoms with Gasteiger partial charge in [-0.3, -0.25) is 9.89 Å². The Morgan fingerprint density at radius 1 is 1.31 bits per heavy atom. The summed E-state index contributed by atoms with van der Waals surface area (Å²) < 4.78 is 1.38. The van der Waals surface area contributed by atoms with Crippen molar-refractivity contribution >= 4 is 35.0 Å². The van der Waals surface area contributed by atoms with Gasteiger partial charge in [0, 0.05) is 22.0 Å². The summed E-state index contributed by atoms with van der Waals surface area (Å²) in [7, 11) is 0. The fraction of sp³-hybridized carbons (Fsp3) is 0.250. The number of fused-ring (bicyclic) bond motifs is 1. The van der Waals surface area contributed by atoms with Crippen LogP contribution >= 0.6 is 23.4 Å². The summed E-state index contributed by atoms with van der Waals surface area (Å²) >= 11 is 7.05. The lowest BCUT2D eigenvalue weighted by molar-refractivity contribution is -0.113. The van der Waals surface area contributed by atoms with Gasteiger partial charge in [0.25, 0.3) is 0 Å². The van der Waals surface area contributed by atoms with Gasteiger partial charge in [-0.15, -0.1) is 10.2 Å². The van der Waals surface area contributed by atoms with E-state index in [4.69, 9.17) is 17.4 Å². The maximum atomic E-state index is 12.1. The maximum Gasteiger partial charge on any atom is 0.234 e. The van der Waals surface area contributed by atoms with Gasteiger partial charge >= 0.3 is 0 Å². The number of carbonyl (C=O) groups is 1. The first-order valence-electron chi connectivity index (χ1n) is 8.07. The number of hydrogen-bond acceptors (Lipinski definition) is 6. The predicted molar refractivity (Wildman–Crippen MR) is 101 cm³/mol. The van der Waals surface area contributed by atoms with E-state index >= 15 is 0 Å². The summed E-state index contributed by atoms with van der Waals surface area (Å²) in [5, 5.41) is 19.5. The Bertz CT molecular complexity index is 950. The van der Waals surface area contributed by atoms with Gasteiger partial charge in [-0.2, -0.15) is 5.10 Å². The average Bonchev–Trinajstić information content (AvgIpc) is 3.32. The number of nitrogens with zero attached hydrogens (tertiary/aromatic N) is 4. The van der Waals surface area contributed by atoms with E-state index in [1.807, 2.05) is 0 Å². The van der Waals surface area contributed by atoms with Crippen LogP contribution in [0.5, 0.6) is 0 Å². The van der Waals surface area contributed by atoms with E-state index in [2.05, 4.69) is 25.7 Å². The molecular formula is C16H16ClN7OS. The third-order valence-electron chi connectivity index (χ3n) is 4.14. The first kappa shape index (κ1) is 16.9. The smallest absolute Gasteiger partial charge is 0.234 e. The number of nitrogen functional groups attached to an aromatic ring is 1. The maximum absolute atomic E-state index is 12.1. The molecule has 4 rings (SSSR count). The number of thioether (sulfide) groups is 1. The fourth-order valence-electron chi connectivity index (χ4n) is 2.90. The summed E-state index contributed by atoms with van der Waals surface area (Å²) in [5.74, 6) is 6.62. The molecule has 2 aromatic heterocycles. The van der Waals surface area contributed by atoms with Gasteiger partial charge in [-0.25, -0.2) is 4.68 Å². The number of hydrogen-bond donors (Lipinski definition) is 3. The second-order valence-electron chi connectivity index (χ2n) is 5.90. The van der Waals surface area contributed by atoms with Crippen LogP contribution in [-0.4, -0.2) is 36.7 Å². The number of nitrogens with one attached hydrogen (secondary N) is 2. The number of nitrogens with two attached hydrogens (primary N) is 1. The third kappa shape index (κ3) is 3.27. The minimum atomic E-state index is -0.164.